The highest BCUT2D eigenvalue weighted by molar-refractivity contribution is 6.10. The van der Waals surface area contributed by atoms with Gasteiger partial charge in [-0.1, -0.05) is 30.3 Å². The first kappa shape index (κ1) is 19.9. The molecular formula is C21H15F3N2O3. The molecule has 0 saturated carbocycles. The molecule has 0 radical (unpaired) electrons. The van der Waals surface area contributed by atoms with Crippen molar-refractivity contribution in [1.29, 1.82) is 0 Å². The molecule has 0 aliphatic heterocycles. The molecule has 2 amide bonds. The Hall–Kier alpha value is -3.81. The van der Waals surface area contributed by atoms with Gasteiger partial charge >= 0.3 is 6.18 Å². The molecule has 0 atom stereocenters. The topological polar surface area (TPSA) is 71.3 Å². The van der Waals surface area contributed by atoms with Gasteiger partial charge in [0, 0.05) is 11.6 Å². The van der Waals surface area contributed by atoms with Gasteiger partial charge in [0.05, 0.1) is 17.5 Å². The highest BCUT2D eigenvalue weighted by atomic mass is 19.4. The Morgan fingerprint density at radius 1 is 0.897 bits per heavy atom. The normalized spacial score (nSPS) is 11.8. The van der Waals surface area contributed by atoms with Crippen molar-refractivity contribution in [3.8, 4) is 0 Å². The van der Waals surface area contributed by atoms with E-state index < -0.39 is 29.2 Å². The second-order valence-electron chi connectivity index (χ2n) is 5.89. The Labute approximate surface area is 163 Å². The summed E-state index contributed by atoms with van der Waals surface area (Å²) in [5.41, 5.74) is -1.42. The third-order valence-electron chi connectivity index (χ3n) is 3.84. The van der Waals surface area contributed by atoms with Crippen molar-refractivity contribution in [2.75, 3.05) is 5.32 Å². The first-order chi connectivity index (χ1) is 13.8. The van der Waals surface area contributed by atoms with E-state index in [9.17, 15) is 22.8 Å². The molecule has 0 bridgehead atoms. The van der Waals surface area contributed by atoms with Crippen molar-refractivity contribution in [1.82, 2.24) is 5.32 Å². The average molecular weight is 400 g/mol. The molecule has 29 heavy (non-hydrogen) atoms. The Balaban J connectivity index is 1.89. The molecule has 0 aliphatic rings. The van der Waals surface area contributed by atoms with Crippen LogP contribution in [-0.4, -0.2) is 11.8 Å². The van der Waals surface area contributed by atoms with Crippen molar-refractivity contribution in [2.24, 2.45) is 0 Å². The Morgan fingerprint density at radius 2 is 1.59 bits per heavy atom. The van der Waals surface area contributed by atoms with Gasteiger partial charge < -0.3 is 15.1 Å². The van der Waals surface area contributed by atoms with E-state index in [0.29, 0.717) is 0 Å². The molecule has 2 N–H and O–H groups in total. The largest absolute Gasteiger partial charge is 0.465 e. The van der Waals surface area contributed by atoms with E-state index in [4.69, 9.17) is 4.42 Å². The number of anilines is 1. The number of nitrogens with one attached hydrogen (secondary N) is 2. The Bertz CT molecular complexity index is 1030. The Morgan fingerprint density at radius 3 is 2.24 bits per heavy atom. The summed E-state index contributed by atoms with van der Waals surface area (Å²) in [7, 11) is 0. The van der Waals surface area contributed by atoms with Gasteiger partial charge in [0.25, 0.3) is 11.8 Å². The summed E-state index contributed by atoms with van der Waals surface area (Å²) in [4.78, 5) is 25.1. The number of alkyl halides is 3. The summed E-state index contributed by atoms with van der Waals surface area (Å²) in [5, 5.41) is 4.62. The zero-order valence-electron chi connectivity index (χ0n) is 14.9. The number of hydrogen-bond donors (Lipinski definition) is 2. The van der Waals surface area contributed by atoms with Gasteiger partial charge in [-0.05, 0) is 36.4 Å². The van der Waals surface area contributed by atoms with Crippen LogP contribution in [0, 0.1) is 0 Å². The van der Waals surface area contributed by atoms with Crippen LogP contribution in [0.1, 0.15) is 21.7 Å². The number of furan rings is 1. The quantitative estimate of drug-likeness (QED) is 0.610. The average Bonchev–Trinajstić information content (AvgIpc) is 3.21. The first-order valence-corrected chi connectivity index (χ1v) is 8.44. The number of para-hydroxylation sites is 1. The van der Waals surface area contributed by atoms with E-state index >= 15 is 0 Å². The molecule has 3 rings (SSSR count). The molecule has 0 fully saturated rings. The molecule has 0 spiro atoms. The predicted molar refractivity (Wildman–Crippen MR) is 101 cm³/mol. The molecule has 5 nitrogen and oxygen atoms in total. The van der Waals surface area contributed by atoms with Gasteiger partial charge in [0.15, 0.2) is 0 Å². The minimum atomic E-state index is -4.65. The van der Waals surface area contributed by atoms with Crippen molar-refractivity contribution in [3.63, 3.8) is 0 Å². The number of amides is 2. The lowest BCUT2D eigenvalue weighted by Crippen LogP contribution is -2.31. The number of rotatable bonds is 5. The smallest absolute Gasteiger partial charge is 0.418 e. The van der Waals surface area contributed by atoms with Gasteiger partial charge in [-0.2, -0.15) is 13.2 Å². The fraction of sp³-hybridized carbons (Fsp3) is 0.0476. The van der Waals surface area contributed by atoms with Crippen molar-refractivity contribution in [2.45, 2.75) is 6.18 Å². The van der Waals surface area contributed by atoms with E-state index in [1.165, 1.54) is 42.7 Å². The number of carbonyl (C=O) groups is 2. The molecule has 1 aromatic heterocycles. The lowest BCUT2D eigenvalue weighted by Gasteiger charge is -2.15. The number of benzene rings is 2. The number of carbonyl (C=O) groups excluding carboxylic acids is 2. The van der Waals surface area contributed by atoms with Crippen LogP contribution in [0.15, 0.2) is 83.1 Å². The standard InChI is InChI=1S/C21H15F3N2O3/c22-21(23,24)16-10-4-5-11-17(16)25-20(28)18(13-15-9-6-12-29-15)26-19(27)14-7-2-1-3-8-14/h1-13H,(H,25,28)(H,26,27)/b18-13-. The summed E-state index contributed by atoms with van der Waals surface area (Å²) >= 11 is 0. The zero-order chi connectivity index (χ0) is 20.9. The molecule has 2 aromatic carbocycles. The lowest BCUT2D eigenvalue weighted by molar-refractivity contribution is -0.137. The lowest BCUT2D eigenvalue weighted by atomic mass is 10.1. The van der Waals surface area contributed by atoms with E-state index in [1.807, 2.05) is 0 Å². The number of halogens is 3. The molecule has 8 heteroatoms. The zero-order valence-corrected chi connectivity index (χ0v) is 14.9. The molecule has 0 aliphatic carbocycles. The molecule has 0 saturated heterocycles. The van der Waals surface area contributed by atoms with E-state index in [1.54, 1.807) is 24.3 Å². The van der Waals surface area contributed by atoms with Crippen molar-refractivity contribution >= 4 is 23.6 Å². The van der Waals surface area contributed by atoms with E-state index in [0.717, 1.165) is 12.1 Å². The predicted octanol–water partition coefficient (Wildman–Crippen LogP) is 4.71. The molecule has 3 aromatic rings. The second-order valence-corrected chi connectivity index (χ2v) is 5.89. The maximum atomic E-state index is 13.2. The highest BCUT2D eigenvalue weighted by Gasteiger charge is 2.33. The van der Waals surface area contributed by atoms with E-state index in [-0.39, 0.29) is 17.0 Å². The summed E-state index contributed by atoms with van der Waals surface area (Å²) in [6, 6.07) is 15.8. The first-order valence-electron chi connectivity index (χ1n) is 8.44. The second kappa shape index (κ2) is 8.47. The monoisotopic (exact) mass is 400 g/mol. The van der Waals surface area contributed by atoms with Crippen LogP contribution in [0.4, 0.5) is 18.9 Å². The van der Waals surface area contributed by atoms with E-state index in [2.05, 4.69) is 10.6 Å². The third kappa shape index (κ3) is 5.13. The van der Waals surface area contributed by atoms with Crippen LogP contribution < -0.4 is 10.6 Å². The van der Waals surface area contributed by atoms with Crippen molar-refractivity contribution < 1.29 is 27.2 Å². The maximum Gasteiger partial charge on any atom is 0.418 e. The van der Waals surface area contributed by atoms with Crippen LogP contribution in [0.25, 0.3) is 6.08 Å². The minimum Gasteiger partial charge on any atom is -0.465 e. The fourth-order valence-corrected chi connectivity index (χ4v) is 2.49. The van der Waals surface area contributed by atoms with Crippen LogP contribution in [-0.2, 0) is 11.0 Å². The SMILES string of the molecule is O=C(Nc1ccccc1C(F)(F)F)/C(=C/c1ccco1)NC(=O)c1ccccc1. The highest BCUT2D eigenvalue weighted by Crippen LogP contribution is 2.34. The summed E-state index contributed by atoms with van der Waals surface area (Å²) < 4.78 is 44.7. The summed E-state index contributed by atoms with van der Waals surface area (Å²) in [6.07, 6.45) is -2.06. The molecule has 0 unspecified atom stereocenters. The van der Waals surface area contributed by atoms with Crippen LogP contribution >= 0.6 is 0 Å². The summed E-state index contributed by atoms with van der Waals surface area (Å²) in [5.74, 6) is -1.28. The van der Waals surface area contributed by atoms with Gasteiger partial charge in [0.2, 0.25) is 0 Å². The molecule has 148 valence electrons. The van der Waals surface area contributed by atoms with Gasteiger partial charge in [-0.15, -0.1) is 0 Å². The van der Waals surface area contributed by atoms with Crippen molar-refractivity contribution in [3.05, 3.63) is 95.6 Å². The van der Waals surface area contributed by atoms with Gasteiger partial charge in [-0.3, -0.25) is 9.59 Å². The third-order valence-corrected chi connectivity index (χ3v) is 3.84. The number of hydrogen-bond acceptors (Lipinski definition) is 3. The summed E-state index contributed by atoms with van der Waals surface area (Å²) in [6.45, 7) is 0. The fourth-order valence-electron chi connectivity index (χ4n) is 2.49. The van der Waals surface area contributed by atoms with Crippen LogP contribution in [0.3, 0.4) is 0 Å². The van der Waals surface area contributed by atoms with Gasteiger partial charge in [-0.25, -0.2) is 0 Å². The van der Waals surface area contributed by atoms with Crippen LogP contribution in [0.5, 0.6) is 0 Å². The Kier molecular flexibility index (Phi) is 5.82. The minimum absolute atomic E-state index is 0.243. The molecule has 1 heterocycles. The maximum absolute atomic E-state index is 13.2. The van der Waals surface area contributed by atoms with Gasteiger partial charge in [0.1, 0.15) is 11.5 Å². The van der Waals surface area contributed by atoms with Crippen LogP contribution in [0.2, 0.25) is 0 Å². The molecular weight excluding hydrogens is 385 g/mol.